The van der Waals surface area contributed by atoms with E-state index in [9.17, 15) is 10.1 Å². The SMILES string of the molecule is N#Cc1ccc(NCCc2ccc([N+](=O)[O-])cc2)cc1Cl. The molecule has 0 bridgehead atoms. The fourth-order valence-electron chi connectivity index (χ4n) is 1.85. The zero-order valence-electron chi connectivity index (χ0n) is 11.0. The lowest BCUT2D eigenvalue weighted by Crippen LogP contribution is -2.05. The van der Waals surface area contributed by atoms with Gasteiger partial charge in [0.2, 0.25) is 0 Å². The van der Waals surface area contributed by atoms with Crippen LogP contribution < -0.4 is 5.32 Å². The van der Waals surface area contributed by atoms with E-state index in [-0.39, 0.29) is 5.69 Å². The van der Waals surface area contributed by atoms with Crippen molar-refractivity contribution in [3.63, 3.8) is 0 Å². The maximum Gasteiger partial charge on any atom is 0.269 e. The highest BCUT2D eigenvalue weighted by Crippen LogP contribution is 2.20. The zero-order chi connectivity index (χ0) is 15.2. The summed E-state index contributed by atoms with van der Waals surface area (Å²) in [6.07, 6.45) is 0.732. The molecule has 0 aromatic heterocycles. The minimum atomic E-state index is -0.416. The molecule has 0 radical (unpaired) electrons. The molecule has 0 atom stereocenters. The second-order valence-corrected chi connectivity index (χ2v) is 4.81. The quantitative estimate of drug-likeness (QED) is 0.673. The molecule has 21 heavy (non-hydrogen) atoms. The van der Waals surface area contributed by atoms with Gasteiger partial charge in [-0.05, 0) is 30.2 Å². The summed E-state index contributed by atoms with van der Waals surface area (Å²) < 4.78 is 0. The molecule has 0 aliphatic carbocycles. The first-order valence-electron chi connectivity index (χ1n) is 6.27. The molecule has 0 fully saturated rings. The predicted molar refractivity (Wildman–Crippen MR) is 81.5 cm³/mol. The van der Waals surface area contributed by atoms with Gasteiger partial charge in [0, 0.05) is 24.4 Å². The molecule has 1 N–H and O–H groups in total. The van der Waals surface area contributed by atoms with E-state index in [1.165, 1.54) is 12.1 Å². The molecular weight excluding hydrogens is 290 g/mol. The molecule has 0 heterocycles. The lowest BCUT2D eigenvalue weighted by Gasteiger charge is -2.07. The van der Waals surface area contributed by atoms with Crippen LogP contribution in [0.15, 0.2) is 42.5 Å². The van der Waals surface area contributed by atoms with Crippen molar-refractivity contribution in [3.05, 3.63) is 68.7 Å². The molecule has 0 saturated carbocycles. The van der Waals surface area contributed by atoms with Gasteiger partial charge in [0.25, 0.3) is 5.69 Å². The van der Waals surface area contributed by atoms with Crippen molar-refractivity contribution in [2.24, 2.45) is 0 Å². The van der Waals surface area contributed by atoms with Crippen LogP contribution in [-0.4, -0.2) is 11.5 Å². The molecule has 5 nitrogen and oxygen atoms in total. The van der Waals surface area contributed by atoms with Crippen LogP contribution >= 0.6 is 11.6 Å². The lowest BCUT2D eigenvalue weighted by atomic mass is 10.1. The number of halogens is 1. The summed E-state index contributed by atoms with van der Waals surface area (Å²) in [6.45, 7) is 0.667. The second-order valence-electron chi connectivity index (χ2n) is 4.41. The second kappa shape index (κ2) is 6.73. The third-order valence-electron chi connectivity index (χ3n) is 2.98. The number of hydrogen-bond acceptors (Lipinski definition) is 4. The fraction of sp³-hybridized carbons (Fsp3) is 0.133. The van der Waals surface area contributed by atoms with Gasteiger partial charge in [0.15, 0.2) is 0 Å². The monoisotopic (exact) mass is 301 g/mol. The van der Waals surface area contributed by atoms with Crippen LogP contribution in [0.1, 0.15) is 11.1 Å². The smallest absolute Gasteiger partial charge is 0.269 e. The Balaban J connectivity index is 1.91. The molecule has 0 saturated heterocycles. The number of rotatable bonds is 5. The molecule has 0 spiro atoms. The average Bonchev–Trinajstić information content (AvgIpc) is 2.48. The normalized spacial score (nSPS) is 9.90. The van der Waals surface area contributed by atoms with Crippen molar-refractivity contribution >= 4 is 23.0 Å². The first kappa shape index (κ1) is 14.8. The van der Waals surface area contributed by atoms with Crippen molar-refractivity contribution < 1.29 is 4.92 Å². The van der Waals surface area contributed by atoms with Crippen LogP contribution in [0.25, 0.3) is 0 Å². The van der Waals surface area contributed by atoms with E-state index in [2.05, 4.69) is 5.32 Å². The van der Waals surface area contributed by atoms with Crippen LogP contribution in [0, 0.1) is 21.4 Å². The summed E-state index contributed by atoms with van der Waals surface area (Å²) in [4.78, 5) is 10.1. The minimum absolute atomic E-state index is 0.0885. The number of nitrogens with zero attached hydrogens (tertiary/aromatic N) is 2. The summed E-state index contributed by atoms with van der Waals surface area (Å²) in [5.74, 6) is 0. The van der Waals surface area contributed by atoms with Gasteiger partial charge in [0.05, 0.1) is 15.5 Å². The Labute approximate surface area is 126 Å². The van der Waals surface area contributed by atoms with Gasteiger partial charge >= 0.3 is 0 Å². The highest BCUT2D eigenvalue weighted by Gasteiger charge is 2.04. The fourth-order valence-corrected chi connectivity index (χ4v) is 2.07. The number of benzene rings is 2. The Hall–Kier alpha value is -2.58. The largest absolute Gasteiger partial charge is 0.385 e. The molecule has 106 valence electrons. The van der Waals surface area contributed by atoms with E-state index in [4.69, 9.17) is 16.9 Å². The maximum absolute atomic E-state index is 10.6. The first-order chi connectivity index (χ1) is 10.1. The highest BCUT2D eigenvalue weighted by atomic mass is 35.5. The van der Waals surface area contributed by atoms with Gasteiger partial charge in [-0.25, -0.2) is 0 Å². The van der Waals surface area contributed by atoms with Crippen LogP contribution in [0.4, 0.5) is 11.4 Å². The van der Waals surface area contributed by atoms with Gasteiger partial charge in [-0.3, -0.25) is 10.1 Å². The zero-order valence-corrected chi connectivity index (χ0v) is 11.8. The van der Waals surface area contributed by atoms with E-state index >= 15 is 0 Å². The number of nitro benzene ring substituents is 1. The summed E-state index contributed by atoms with van der Waals surface area (Å²) in [5.41, 5.74) is 2.37. The number of nitro groups is 1. The maximum atomic E-state index is 10.6. The number of anilines is 1. The van der Waals surface area contributed by atoms with Crippen molar-refractivity contribution in [2.75, 3.05) is 11.9 Å². The van der Waals surface area contributed by atoms with Crippen molar-refractivity contribution in [3.8, 4) is 6.07 Å². The van der Waals surface area contributed by atoms with E-state index in [0.717, 1.165) is 17.7 Å². The Morgan fingerprint density at radius 1 is 1.24 bits per heavy atom. The molecule has 6 heteroatoms. The van der Waals surface area contributed by atoms with Crippen LogP contribution in [0.2, 0.25) is 5.02 Å². The summed E-state index contributed by atoms with van der Waals surface area (Å²) >= 11 is 5.95. The number of nitrogens with one attached hydrogen (secondary N) is 1. The number of non-ortho nitro benzene ring substituents is 1. The Morgan fingerprint density at radius 2 is 1.95 bits per heavy atom. The predicted octanol–water partition coefficient (Wildman–Crippen LogP) is 3.77. The van der Waals surface area contributed by atoms with Crippen LogP contribution in [-0.2, 0) is 6.42 Å². The minimum Gasteiger partial charge on any atom is -0.385 e. The molecule has 2 aromatic carbocycles. The van der Waals surface area contributed by atoms with Gasteiger partial charge in [-0.2, -0.15) is 5.26 Å². The summed E-state index contributed by atoms with van der Waals surface area (Å²) in [7, 11) is 0. The Kier molecular flexibility index (Phi) is 4.75. The van der Waals surface area contributed by atoms with Gasteiger partial charge in [-0.15, -0.1) is 0 Å². The number of hydrogen-bond donors (Lipinski definition) is 1. The van der Waals surface area contributed by atoms with Crippen molar-refractivity contribution in [1.29, 1.82) is 5.26 Å². The molecule has 2 rings (SSSR count). The molecule has 0 aliphatic heterocycles. The van der Waals surface area contributed by atoms with Crippen molar-refractivity contribution in [2.45, 2.75) is 6.42 Å². The average molecular weight is 302 g/mol. The van der Waals surface area contributed by atoms with E-state index < -0.39 is 4.92 Å². The third-order valence-corrected chi connectivity index (χ3v) is 3.29. The van der Waals surface area contributed by atoms with E-state index in [0.29, 0.717) is 17.1 Å². The number of nitriles is 1. The lowest BCUT2D eigenvalue weighted by molar-refractivity contribution is -0.384. The van der Waals surface area contributed by atoms with Crippen LogP contribution in [0.3, 0.4) is 0 Å². The van der Waals surface area contributed by atoms with Crippen molar-refractivity contribution in [1.82, 2.24) is 0 Å². The summed E-state index contributed by atoms with van der Waals surface area (Å²) in [5, 5.41) is 23.0. The molecule has 0 aliphatic rings. The Bertz CT molecular complexity index is 693. The molecular formula is C15H12ClN3O2. The highest BCUT2D eigenvalue weighted by molar-refractivity contribution is 6.32. The third kappa shape index (κ3) is 3.94. The molecule has 0 unspecified atom stereocenters. The Morgan fingerprint density at radius 3 is 2.52 bits per heavy atom. The molecule has 2 aromatic rings. The van der Waals surface area contributed by atoms with E-state index in [1.807, 2.05) is 6.07 Å². The standard InChI is InChI=1S/C15H12ClN3O2/c16-15-9-13(4-3-12(15)10-17)18-8-7-11-1-5-14(6-2-11)19(20)21/h1-6,9,18H,7-8H2. The van der Waals surface area contributed by atoms with Gasteiger partial charge in [-0.1, -0.05) is 23.7 Å². The molecule has 0 amide bonds. The summed E-state index contributed by atoms with van der Waals surface area (Å²) in [6, 6.07) is 13.6. The topological polar surface area (TPSA) is 79.0 Å². The van der Waals surface area contributed by atoms with Crippen LogP contribution in [0.5, 0.6) is 0 Å². The van der Waals surface area contributed by atoms with E-state index in [1.54, 1.807) is 30.3 Å². The van der Waals surface area contributed by atoms with Gasteiger partial charge in [0.1, 0.15) is 6.07 Å². The van der Waals surface area contributed by atoms with Gasteiger partial charge < -0.3 is 5.32 Å². The first-order valence-corrected chi connectivity index (χ1v) is 6.65.